The van der Waals surface area contributed by atoms with E-state index in [1.54, 1.807) is 18.5 Å². The van der Waals surface area contributed by atoms with Crippen molar-refractivity contribution >= 4 is 29.1 Å². The SMILES string of the molecule is COC(=O)C(Cc1cnc[nH]1)NC(=O)c1csc(C2CCN(C(=O)c3c(-c4ccccc4)noc3C)CC2)n1. The normalized spacial score (nSPS) is 14.7. The number of thiazole rings is 1. The minimum Gasteiger partial charge on any atom is -0.467 e. The number of benzene rings is 1. The van der Waals surface area contributed by atoms with Crippen molar-refractivity contribution in [2.24, 2.45) is 0 Å². The number of esters is 1. The first-order valence-corrected chi connectivity index (χ1v) is 13.4. The van der Waals surface area contributed by atoms with E-state index in [2.05, 4.69) is 25.4 Å². The minimum absolute atomic E-state index is 0.101. The molecule has 202 valence electrons. The molecule has 4 aromatic rings. The number of imidazole rings is 1. The number of likely N-dealkylation sites (tertiary alicyclic amines) is 1. The van der Waals surface area contributed by atoms with Crippen LogP contribution in [-0.2, 0) is 16.0 Å². The second-order valence-electron chi connectivity index (χ2n) is 9.30. The average molecular weight is 549 g/mol. The molecule has 0 spiro atoms. The fraction of sp³-hybridized carbons (Fsp3) is 0.333. The highest BCUT2D eigenvalue weighted by atomic mass is 32.1. The molecule has 0 bridgehead atoms. The Bertz CT molecular complexity index is 1440. The number of hydrogen-bond donors (Lipinski definition) is 2. The van der Waals surface area contributed by atoms with Crippen LogP contribution >= 0.6 is 11.3 Å². The van der Waals surface area contributed by atoms with Crippen LogP contribution in [0.1, 0.15) is 56.1 Å². The number of ether oxygens (including phenoxy) is 1. The molecule has 1 unspecified atom stereocenters. The van der Waals surface area contributed by atoms with Gasteiger partial charge in [0.2, 0.25) is 0 Å². The van der Waals surface area contributed by atoms with Gasteiger partial charge in [-0.05, 0) is 19.8 Å². The molecule has 2 amide bonds. The van der Waals surface area contributed by atoms with Gasteiger partial charge in [0.1, 0.15) is 28.8 Å². The first-order valence-electron chi connectivity index (χ1n) is 12.6. The molecule has 0 radical (unpaired) electrons. The Kier molecular flexibility index (Phi) is 7.82. The fourth-order valence-corrected chi connectivity index (χ4v) is 5.64. The zero-order valence-electron chi connectivity index (χ0n) is 21.5. The van der Waals surface area contributed by atoms with Crippen molar-refractivity contribution in [3.8, 4) is 11.3 Å². The van der Waals surface area contributed by atoms with Crippen molar-refractivity contribution in [3.63, 3.8) is 0 Å². The Hall–Kier alpha value is -4.32. The summed E-state index contributed by atoms with van der Waals surface area (Å²) in [7, 11) is 1.28. The lowest BCUT2D eigenvalue weighted by Gasteiger charge is -2.31. The molecule has 1 saturated heterocycles. The molecule has 4 heterocycles. The zero-order valence-corrected chi connectivity index (χ0v) is 22.4. The topological polar surface area (TPSA) is 143 Å². The molecule has 1 fully saturated rings. The number of nitrogens with zero attached hydrogens (tertiary/aromatic N) is 4. The summed E-state index contributed by atoms with van der Waals surface area (Å²) >= 11 is 1.41. The molecule has 1 aromatic carbocycles. The molecule has 11 nitrogen and oxygen atoms in total. The van der Waals surface area contributed by atoms with Gasteiger partial charge in [-0.1, -0.05) is 35.5 Å². The van der Waals surface area contributed by atoms with Gasteiger partial charge in [0.15, 0.2) is 0 Å². The van der Waals surface area contributed by atoms with Crippen molar-refractivity contribution in [1.29, 1.82) is 0 Å². The smallest absolute Gasteiger partial charge is 0.328 e. The Morgan fingerprint density at radius 3 is 2.69 bits per heavy atom. The number of aromatic nitrogens is 4. The van der Waals surface area contributed by atoms with Gasteiger partial charge in [0.05, 0.1) is 18.4 Å². The van der Waals surface area contributed by atoms with Gasteiger partial charge in [-0.3, -0.25) is 9.59 Å². The largest absolute Gasteiger partial charge is 0.467 e. The van der Waals surface area contributed by atoms with Gasteiger partial charge in [-0.25, -0.2) is 14.8 Å². The number of carbonyl (C=O) groups is 3. The van der Waals surface area contributed by atoms with E-state index in [0.29, 0.717) is 35.8 Å². The Balaban J connectivity index is 1.21. The van der Waals surface area contributed by atoms with Gasteiger partial charge in [0, 0.05) is 48.3 Å². The summed E-state index contributed by atoms with van der Waals surface area (Å²) in [5.41, 5.74) is 2.82. The van der Waals surface area contributed by atoms with E-state index in [0.717, 1.165) is 23.4 Å². The predicted molar refractivity (Wildman–Crippen MR) is 142 cm³/mol. The van der Waals surface area contributed by atoms with Crippen molar-refractivity contribution < 1.29 is 23.6 Å². The van der Waals surface area contributed by atoms with E-state index in [1.807, 2.05) is 35.2 Å². The van der Waals surface area contributed by atoms with E-state index in [9.17, 15) is 14.4 Å². The van der Waals surface area contributed by atoms with Crippen LogP contribution in [0, 0.1) is 6.92 Å². The van der Waals surface area contributed by atoms with E-state index < -0.39 is 17.9 Å². The summed E-state index contributed by atoms with van der Waals surface area (Å²) < 4.78 is 10.2. The van der Waals surface area contributed by atoms with E-state index in [1.165, 1.54) is 24.8 Å². The van der Waals surface area contributed by atoms with Crippen molar-refractivity contribution in [3.05, 3.63) is 76.0 Å². The minimum atomic E-state index is -0.871. The van der Waals surface area contributed by atoms with Crippen molar-refractivity contribution in [1.82, 2.24) is 30.3 Å². The van der Waals surface area contributed by atoms with Crippen LogP contribution < -0.4 is 5.32 Å². The van der Waals surface area contributed by atoms with Crippen LogP contribution in [0.25, 0.3) is 11.3 Å². The molecule has 1 aliphatic heterocycles. The van der Waals surface area contributed by atoms with Crippen LogP contribution in [-0.4, -0.2) is 69.0 Å². The van der Waals surface area contributed by atoms with Crippen LogP contribution in [0.4, 0.5) is 0 Å². The summed E-state index contributed by atoms with van der Waals surface area (Å²) in [6, 6.07) is 8.65. The number of carbonyl (C=O) groups excluding carboxylic acids is 3. The summed E-state index contributed by atoms with van der Waals surface area (Å²) in [6.45, 7) is 2.86. The van der Waals surface area contributed by atoms with Gasteiger partial charge in [-0.2, -0.15) is 0 Å². The Labute approximate surface area is 228 Å². The molecular weight excluding hydrogens is 520 g/mol. The van der Waals surface area contributed by atoms with E-state index in [4.69, 9.17) is 9.26 Å². The lowest BCUT2D eigenvalue weighted by atomic mass is 9.96. The lowest BCUT2D eigenvalue weighted by Crippen LogP contribution is -2.43. The van der Waals surface area contributed by atoms with Gasteiger partial charge < -0.3 is 24.5 Å². The summed E-state index contributed by atoms with van der Waals surface area (Å²) in [5, 5.41) is 9.38. The molecule has 1 aliphatic rings. The number of piperidine rings is 1. The number of H-pyrrole nitrogens is 1. The Morgan fingerprint density at radius 1 is 1.23 bits per heavy atom. The van der Waals surface area contributed by atoms with Gasteiger partial charge in [-0.15, -0.1) is 11.3 Å². The molecule has 5 rings (SSSR count). The molecular formula is C27H28N6O5S. The molecule has 0 aliphatic carbocycles. The molecule has 0 saturated carbocycles. The number of rotatable bonds is 8. The second-order valence-corrected chi connectivity index (χ2v) is 10.2. The molecule has 3 aromatic heterocycles. The zero-order chi connectivity index (χ0) is 27.4. The number of aromatic amines is 1. The van der Waals surface area contributed by atoms with Crippen molar-refractivity contribution in [2.45, 2.75) is 38.1 Å². The first kappa shape index (κ1) is 26.3. The first-order chi connectivity index (χ1) is 18.9. The summed E-state index contributed by atoms with van der Waals surface area (Å²) in [4.78, 5) is 51.8. The third kappa shape index (κ3) is 5.75. The Morgan fingerprint density at radius 2 is 2.00 bits per heavy atom. The van der Waals surface area contributed by atoms with Crippen LogP contribution in [0.2, 0.25) is 0 Å². The highest BCUT2D eigenvalue weighted by Gasteiger charge is 2.31. The lowest BCUT2D eigenvalue weighted by molar-refractivity contribution is -0.142. The van der Waals surface area contributed by atoms with Crippen LogP contribution in [0.15, 0.2) is 52.8 Å². The molecule has 39 heavy (non-hydrogen) atoms. The number of amides is 2. The van der Waals surface area contributed by atoms with E-state index >= 15 is 0 Å². The third-order valence-corrected chi connectivity index (χ3v) is 7.79. The second kappa shape index (κ2) is 11.6. The summed E-state index contributed by atoms with van der Waals surface area (Å²) in [6.07, 6.45) is 4.75. The number of methoxy groups -OCH3 is 1. The number of aryl methyl sites for hydroxylation is 1. The van der Waals surface area contributed by atoms with Crippen LogP contribution in [0.5, 0.6) is 0 Å². The average Bonchev–Trinajstić information content (AvgIpc) is 3.74. The molecule has 1 atom stereocenters. The van der Waals surface area contributed by atoms with Crippen molar-refractivity contribution in [2.75, 3.05) is 20.2 Å². The third-order valence-electron chi connectivity index (χ3n) is 6.78. The number of hydrogen-bond acceptors (Lipinski definition) is 9. The van der Waals surface area contributed by atoms with E-state index in [-0.39, 0.29) is 23.9 Å². The maximum Gasteiger partial charge on any atom is 0.328 e. The predicted octanol–water partition coefficient (Wildman–Crippen LogP) is 3.36. The fourth-order valence-electron chi connectivity index (χ4n) is 4.67. The summed E-state index contributed by atoms with van der Waals surface area (Å²) in [5.74, 6) is -0.481. The highest BCUT2D eigenvalue weighted by Crippen LogP contribution is 2.33. The standard InChI is InChI=1S/C27H28N6O5S/c1-16-22(23(32-38-16)17-6-4-3-5-7-17)26(35)33-10-8-18(9-11-33)25-31-21(14-39-25)24(34)30-20(27(36)37-2)12-19-13-28-15-29-19/h3-7,13-15,18,20H,8-12H2,1-2H3,(H,28,29)(H,30,34). The maximum atomic E-state index is 13.4. The quantitative estimate of drug-likeness (QED) is 0.319. The van der Waals surface area contributed by atoms with Gasteiger partial charge in [0.25, 0.3) is 11.8 Å². The highest BCUT2D eigenvalue weighted by molar-refractivity contribution is 7.09. The van der Waals surface area contributed by atoms with Crippen LogP contribution in [0.3, 0.4) is 0 Å². The monoisotopic (exact) mass is 548 g/mol. The number of nitrogens with one attached hydrogen (secondary N) is 2. The molecule has 12 heteroatoms. The molecule has 2 N–H and O–H groups in total. The maximum absolute atomic E-state index is 13.4. The van der Waals surface area contributed by atoms with Gasteiger partial charge >= 0.3 is 5.97 Å².